The van der Waals surface area contributed by atoms with Gasteiger partial charge in [0.1, 0.15) is 0 Å². The third-order valence-corrected chi connectivity index (χ3v) is 2.51. The van der Waals surface area contributed by atoms with Crippen molar-refractivity contribution in [1.29, 1.82) is 0 Å². The topological polar surface area (TPSA) is 29.1 Å². The lowest BCUT2D eigenvalue weighted by Gasteiger charge is -2.05. The summed E-state index contributed by atoms with van der Waals surface area (Å²) in [6, 6.07) is 5.16. The van der Waals surface area contributed by atoms with Gasteiger partial charge in [-0.15, -0.1) is 0 Å². The maximum atomic E-state index is 10.9. The zero-order valence-corrected chi connectivity index (χ0v) is 11.7. The Hall–Kier alpha value is -0.380. The smallest absolute Gasteiger partial charge is 0.229 e. The fraction of sp³-hybridized carbons (Fsp3) is 0.364. The number of rotatable bonds is 3. The SMILES string of the molecule is CC.O=C(CS)NCc1ccc(Cl)cc1Cl. The van der Waals surface area contributed by atoms with Gasteiger partial charge in [-0.25, -0.2) is 0 Å². The summed E-state index contributed by atoms with van der Waals surface area (Å²) < 4.78 is 0. The minimum atomic E-state index is -0.126. The second-order valence-corrected chi connectivity index (χ2v) is 3.83. The number of nitrogens with one attached hydrogen (secondary N) is 1. The maximum absolute atomic E-state index is 10.9. The quantitative estimate of drug-likeness (QED) is 0.814. The summed E-state index contributed by atoms with van der Waals surface area (Å²) >= 11 is 15.5. The van der Waals surface area contributed by atoms with Crippen LogP contribution in [0.4, 0.5) is 0 Å². The average molecular weight is 280 g/mol. The minimum Gasteiger partial charge on any atom is -0.351 e. The Labute approximate surface area is 112 Å². The standard InChI is InChI=1S/C9H9Cl2NOS.C2H6/c10-7-2-1-6(8(11)3-7)4-12-9(13)5-14;1-2/h1-3,14H,4-5H2,(H,12,13);1-2H3. The molecule has 0 fully saturated rings. The van der Waals surface area contributed by atoms with Gasteiger partial charge in [0.25, 0.3) is 0 Å². The first-order chi connectivity index (χ1) is 7.63. The highest BCUT2D eigenvalue weighted by molar-refractivity contribution is 7.81. The summed E-state index contributed by atoms with van der Waals surface area (Å²) in [5, 5.41) is 3.80. The van der Waals surface area contributed by atoms with Crippen LogP contribution in [0.1, 0.15) is 19.4 Å². The molecule has 0 spiro atoms. The van der Waals surface area contributed by atoms with E-state index in [0.717, 1.165) is 5.56 Å². The van der Waals surface area contributed by atoms with Gasteiger partial charge in [0.2, 0.25) is 5.91 Å². The second-order valence-electron chi connectivity index (χ2n) is 2.67. The third-order valence-electron chi connectivity index (χ3n) is 1.63. The molecule has 0 saturated carbocycles. The Morgan fingerprint density at radius 2 is 2.00 bits per heavy atom. The van der Waals surface area contributed by atoms with Crippen LogP contribution >= 0.6 is 35.8 Å². The van der Waals surface area contributed by atoms with Crippen molar-refractivity contribution in [2.45, 2.75) is 20.4 Å². The van der Waals surface area contributed by atoms with Crippen LogP contribution in [0, 0.1) is 0 Å². The van der Waals surface area contributed by atoms with Crippen LogP contribution in [0.2, 0.25) is 10.0 Å². The fourth-order valence-electron chi connectivity index (χ4n) is 0.915. The van der Waals surface area contributed by atoms with Crippen molar-refractivity contribution in [3.8, 4) is 0 Å². The Morgan fingerprint density at radius 1 is 1.38 bits per heavy atom. The number of benzene rings is 1. The Bertz CT molecular complexity index is 345. The van der Waals surface area contributed by atoms with Gasteiger partial charge in [-0.05, 0) is 17.7 Å². The van der Waals surface area contributed by atoms with E-state index < -0.39 is 0 Å². The molecule has 0 aliphatic carbocycles. The third kappa shape index (κ3) is 5.64. The monoisotopic (exact) mass is 279 g/mol. The number of carbonyl (C=O) groups excluding carboxylic acids is 1. The summed E-state index contributed by atoms with van der Waals surface area (Å²) in [6.45, 7) is 4.40. The molecule has 0 heterocycles. The predicted molar refractivity (Wildman–Crippen MR) is 73.5 cm³/mol. The number of halogens is 2. The van der Waals surface area contributed by atoms with E-state index in [9.17, 15) is 4.79 Å². The molecule has 5 heteroatoms. The van der Waals surface area contributed by atoms with Crippen molar-refractivity contribution >= 4 is 41.7 Å². The van der Waals surface area contributed by atoms with Crippen LogP contribution in [0.5, 0.6) is 0 Å². The molecule has 0 bridgehead atoms. The molecule has 0 aliphatic heterocycles. The van der Waals surface area contributed by atoms with Crippen LogP contribution in [-0.4, -0.2) is 11.7 Å². The Morgan fingerprint density at radius 3 is 2.50 bits per heavy atom. The molecular weight excluding hydrogens is 265 g/mol. The summed E-state index contributed by atoms with van der Waals surface area (Å²) in [5.41, 5.74) is 0.839. The van der Waals surface area contributed by atoms with Crippen LogP contribution in [-0.2, 0) is 11.3 Å². The highest BCUT2D eigenvalue weighted by Crippen LogP contribution is 2.20. The van der Waals surface area contributed by atoms with Gasteiger partial charge >= 0.3 is 0 Å². The van der Waals surface area contributed by atoms with Crippen LogP contribution in [0.25, 0.3) is 0 Å². The van der Waals surface area contributed by atoms with E-state index in [0.29, 0.717) is 16.6 Å². The van der Waals surface area contributed by atoms with Crippen LogP contribution in [0.3, 0.4) is 0 Å². The molecule has 0 radical (unpaired) electrons. The highest BCUT2D eigenvalue weighted by Gasteiger charge is 2.02. The molecule has 16 heavy (non-hydrogen) atoms. The predicted octanol–water partition coefficient (Wildman–Crippen LogP) is 3.57. The first-order valence-electron chi connectivity index (χ1n) is 4.95. The van der Waals surface area contributed by atoms with Crippen molar-refractivity contribution in [2.24, 2.45) is 0 Å². The van der Waals surface area contributed by atoms with Gasteiger partial charge in [-0.1, -0.05) is 43.1 Å². The summed E-state index contributed by atoms with van der Waals surface area (Å²) in [7, 11) is 0. The zero-order chi connectivity index (χ0) is 12.6. The van der Waals surface area contributed by atoms with Crippen LogP contribution in [0.15, 0.2) is 18.2 Å². The fourth-order valence-corrected chi connectivity index (χ4v) is 1.50. The summed E-state index contributed by atoms with van der Waals surface area (Å²) in [5.74, 6) is 0.0462. The van der Waals surface area contributed by atoms with Gasteiger partial charge in [0.15, 0.2) is 0 Å². The van der Waals surface area contributed by atoms with E-state index in [1.54, 1.807) is 18.2 Å². The molecule has 1 aromatic carbocycles. The van der Waals surface area contributed by atoms with E-state index >= 15 is 0 Å². The van der Waals surface area contributed by atoms with Gasteiger partial charge in [-0.2, -0.15) is 12.6 Å². The number of thiol groups is 1. The van der Waals surface area contributed by atoms with E-state index in [1.165, 1.54) is 0 Å². The molecule has 0 saturated heterocycles. The second kappa shape index (κ2) is 8.74. The number of amides is 1. The van der Waals surface area contributed by atoms with Gasteiger partial charge in [0, 0.05) is 16.6 Å². The average Bonchev–Trinajstić information content (AvgIpc) is 2.30. The van der Waals surface area contributed by atoms with Gasteiger partial charge in [-0.3, -0.25) is 4.79 Å². The van der Waals surface area contributed by atoms with E-state index in [1.807, 2.05) is 13.8 Å². The molecule has 1 amide bonds. The highest BCUT2D eigenvalue weighted by atomic mass is 35.5. The van der Waals surface area contributed by atoms with Crippen molar-refractivity contribution in [3.05, 3.63) is 33.8 Å². The van der Waals surface area contributed by atoms with Gasteiger partial charge in [0.05, 0.1) is 5.75 Å². The van der Waals surface area contributed by atoms with Crippen molar-refractivity contribution < 1.29 is 4.79 Å². The first-order valence-corrected chi connectivity index (χ1v) is 6.34. The molecule has 1 N–H and O–H groups in total. The molecule has 1 aromatic rings. The Balaban J connectivity index is 0.00000106. The lowest BCUT2D eigenvalue weighted by atomic mass is 10.2. The minimum absolute atomic E-state index is 0.126. The molecule has 0 aromatic heterocycles. The molecule has 0 atom stereocenters. The Kier molecular flexibility index (Phi) is 8.53. The van der Waals surface area contributed by atoms with Crippen molar-refractivity contribution in [2.75, 3.05) is 5.75 Å². The normalized spacial score (nSPS) is 9.06. The van der Waals surface area contributed by atoms with Gasteiger partial charge < -0.3 is 5.32 Å². The van der Waals surface area contributed by atoms with E-state index in [4.69, 9.17) is 23.2 Å². The molecular formula is C11H15Cl2NOS. The van der Waals surface area contributed by atoms with Crippen molar-refractivity contribution in [1.82, 2.24) is 5.32 Å². The zero-order valence-electron chi connectivity index (χ0n) is 9.26. The van der Waals surface area contributed by atoms with Crippen LogP contribution < -0.4 is 5.32 Å². The molecule has 0 unspecified atom stereocenters. The number of hydrogen-bond donors (Lipinski definition) is 2. The number of hydrogen-bond acceptors (Lipinski definition) is 2. The molecule has 0 aliphatic rings. The lowest BCUT2D eigenvalue weighted by Crippen LogP contribution is -2.23. The first kappa shape index (κ1) is 15.6. The maximum Gasteiger partial charge on any atom is 0.229 e. The molecule has 90 valence electrons. The number of carbonyl (C=O) groups is 1. The largest absolute Gasteiger partial charge is 0.351 e. The molecule has 1 rings (SSSR count). The summed E-state index contributed by atoms with van der Waals surface area (Å²) in [4.78, 5) is 10.9. The molecule has 2 nitrogen and oxygen atoms in total. The van der Waals surface area contributed by atoms with E-state index in [2.05, 4.69) is 17.9 Å². The summed E-state index contributed by atoms with van der Waals surface area (Å²) in [6.07, 6.45) is 0. The van der Waals surface area contributed by atoms with Crippen molar-refractivity contribution in [3.63, 3.8) is 0 Å². The lowest BCUT2D eigenvalue weighted by molar-refractivity contribution is -0.118. The van der Waals surface area contributed by atoms with E-state index in [-0.39, 0.29) is 11.7 Å².